The summed E-state index contributed by atoms with van der Waals surface area (Å²) < 4.78 is 14.6. The maximum atomic E-state index is 13.4. The van der Waals surface area contributed by atoms with E-state index in [9.17, 15) is 4.79 Å². The fraction of sp³-hybridized carbons (Fsp3) is 0.400. The van der Waals surface area contributed by atoms with E-state index in [0.717, 1.165) is 17.3 Å². The van der Waals surface area contributed by atoms with Gasteiger partial charge >= 0.3 is 0 Å². The number of nitrogens with zero attached hydrogens (tertiary/aromatic N) is 3. The molecule has 0 saturated heterocycles. The summed E-state index contributed by atoms with van der Waals surface area (Å²) in [4.78, 5) is 18.1. The van der Waals surface area contributed by atoms with Crippen molar-refractivity contribution in [1.29, 1.82) is 0 Å². The van der Waals surface area contributed by atoms with E-state index in [4.69, 9.17) is 26.1 Å². The first-order valence-electron chi connectivity index (χ1n) is 11.3. The van der Waals surface area contributed by atoms with Gasteiger partial charge in [-0.3, -0.25) is 4.79 Å². The van der Waals surface area contributed by atoms with Crippen LogP contribution in [0.1, 0.15) is 64.8 Å². The molecule has 0 saturated carbocycles. The predicted molar refractivity (Wildman–Crippen MR) is 146 cm³/mol. The molecule has 3 rings (SSSR count). The Hall–Kier alpha value is -1.90. The van der Waals surface area contributed by atoms with Gasteiger partial charge in [-0.05, 0) is 66.9 Å². The summed E-state index contributed by atoms with van der Waals surface area (Å²) in [6, 6.07) is 7.28. The van der Waals surface area contributed by atoms with Crippen LogP contribution in [0.3, 0.4) is 0 Å². The smallest absolute Gasteiger partial charge is 0.282 e. The molecule has 2 aromatic carbocycles. The molecule has 2 atom stereocenters. The first kappa shape index (κ1) is 26.7. The number of hydrogen-bond acceptors (Lipinski definition) is 5. The molecular formula is C25H28Br2ClN3O3. The molecule has 34 heavy (non-hydrogen) atoms. The Morgan fingerprint density at radius 3 is 2.56 bits per heavy atom. The highest BCUT2D eigenvalue weighted by atomic mass is 79.9. The quantitative estimate of drug-likeness (QED) is 0.234. The molecule has 0 amide bonds. The lowest BCUT2D eigenvalue weighted by Crippen LogP contribution is -2.23. The van der Waals surface area contributed by atoms with Crippen molar-refractivity contribution in [2.75, 3.05) is 6.61 Å². The second-order valence-electron chi connectivity index (χ2n) is 7.99. The van der Waals surface area contributed by atoms with Crippen molar-refractivity contribution in [1.82, 2.24) is 9.66 Å². The van der Waals surface area contributed by atoms with Crippen molar-refractivity contribution in [3.05, 3.63) is 60.0 Å². The van der Waals surface area contributed by atoms with E-state index >= 15 is 0 Å². The minimum absolute atomic E-state index is 0.0252. The van der Waals surface area contributed by atoms with E-state index in [2.05, 4.69) is 43.9 Å². The molecule has 0 bridgehead atoms. The lowest BCUT2D eigenvalue weighted by Gasteiger charge is -2.19. The SMILES string of the molecule is CCOc1cc(C=Nn2c([C@@H](C)CC)nc3ccc(Br)cc3c2=O)c(Br)c(Cl)c1O[C@H](C)CC. The highest BCUT2D eigenvalue weighted by molar-refractivity contribution is 9.10. The molecule has 6 nitrogen and oxygen atoms in total. The highest BCUT2D eigenvalue weighted by Gasteiger charge is 2.20. The standard InChI is InChI=1S/C25H28Br2ClN3O3/c1-6-14(4)24-30-19-10-9-17(26)12-18(19)25(32)31(24)29-13-16-11-20(33-8-3)23(22(28)21(16)27)34-15(5)7-2/h9-15H,6-8H2,1-5H3/t14-,15+/m0/s1. The normalized spacial score (nSPS) is 13.4. The van der Waals surface area contributed by atoms with Crippen LogP contribution in [0.25, 0.3) is 10.9 Å². The largest absolute Gasteiger partial charge is 0.490 e. The lowest BCUT2D eigenvalue weighted by atomic mass is 10.1. The second kappa shape index (κ2) is 11.7. The third-order valence-electron chi connectivity index (χ3n) is 5.55. The van der Waals surface area contributed by atoms with Crippen LogP contribution < -0.4 is 15.0 Å². The third kappa shape index (κ3) is 5.66. The third-order valence-corrected chi connectivity index (χ3v) is 7.48. The summed E-state index contributed by atoms with van der Waals surface area (Å²) >= 11 is 13.7. The van der Waals surface area contributed by atoms with Crippen molar-refractivity contribution in [2.24, 2.45) is 5.10 Å². The summed E-state index contributed by atoms with van der Waals surface area (Å²) in [6.07, 6.45) is 3.21. The van der Waals surface area contributed by atoms with Crippen molar-refractivity contribution < 1.29 is 9.47 Å². The van der Waals surface area contributed by atoms with E-state index < -0.39 is 0 Å². The van der Waals surface area contributed by atoms with Crippen molar-refractivity contribution in [3.63, 3.8) is 0 Å². The van der Waals surface area contributed by atoms with Crippen LogP contribution in [0.5, 0.6) is 11.5 Å². The van der Waals surface area contributed by atoms with E-state index in [0.29, 0.717) is 49.9 Å². The van der Waals surface area contributed by atoms with Crippen LogP contribution in [0, 0.1) is 0 Å². The number of fused-ring (bicyclic) bond motifs is 1. The molecule has 1 aromatic heterocycles. The van der Waals surface area contributed by atoms with Crippen molar-refractivity contribution >= 4 is 60.6 Å². The number of ether oxygens (including phenoxy) is 2. The maximum absolute atomic E-state index is 13.4. The zero-order chi connectivity index (χ0) is 25.0. The van der Waals surface area contributed by atoms with Gasteiger partial charge in [-0.15, -0.1) is 0 Å². The molecule has 1 heterocycles. The Balaban J connectivity index is 2.17. The van der Waals surface area contributed by atoms with Crippen LogP contribution >= 0.6 is 43.5 Å². The lowest BCUT2D eigenvalue weighted by molar-refractivity contribution is 0.203. The van der Waals surface area contributed by atoms with Gasteiger partial charge in [0.2, 0.25) is 0 Å². The first-order chi connectivity index (χ1) is 16.2. The summed E-state index contributed by atoms with van der Waals surface area (Å²) in [6.45, 7) is 10.4. The Labute approximate surface area is 221 Å². The Morgan fingerprint density at radius 1 is 1.18 bits per heavy atom. The Morgan fingerprint density at radius 2 is 1.91 bits per heavy atom. The van der Waals surface area contributed by atoms with Crippen LogP contribution in [0.2, 0.25) is 5.02 Å². The number of benzene rings is 2. The minimum Gasteiger partial charge on any atom is -0.490 e. The first-order valence-corrected chi connectivity index (χ1v) is 13.3. The van der Waals surface area contributed by atoms with Gasteiger partial charge in [-0.2, -0.15) is 9.78 Å². The Kier molecular flexibility index (Phi) is 9.18. The molecule has 0 unspecified atom stereocenters. The number of hydrogen-bond donors (Lipinski definition) is 0. The molecule has 182 valence electrons. The van der Waals surface area contributed by atoms with Crippen molar-refractivity contribution in [3.8, 4) is 11.5 Å². The molecular weight excluding hydrogens is 586 g/mol. The predicted octanol–water partition coefficient (Wildman–Crippen LogP) is 7.55. The summed E-state index contributed by atoms with van der Waals surface area (Å²) in [5.74, 6) is 1.64. The van der Waals surface area contributed by atoms with Crippen LogP contribution in [-0.4, -0.2) is 28.6 Å². The number of aromatic nitrogens is 2. The van der Waals surface area contributed by atoms with E-state index in [1.165, 1.54) is 4.68 Å². The molecule has 0 radical (unpaired) electrons. The molecule has 0 N–H and O–H groups in total. The molecule has 0 aliphatic carbocycles. The molecule has 9 heteroatoms. The summed E-state index contributed by atoms with van der Waals surface area (Å²) in [5.41, 5.74) is 1.06. The summed E-state index contributed by atoms with van der Waals surface area (Å²) in [7, 11) is 0. The second-order valence-corrected chi connectivity index (χ2v) is 10.1. The average molecular weight is 614 g/mol. The molecule has 0 spiro atoms. The van der Waals surface area contributed by atoms with E-state index in [1.54, 1.807) is 18.3 Å². The van der Waals surface area contributed by atoms with Gasteiger partial charge in [0.1, 0.15) is 10.8 Å². The van der Waals surface area contributed by atoms with Gasteiger partial charge in [-0.1, -0.05) is 48.3 Å². The van der Waals surface area contributed by atoms with Gasteiger partial charge in [0.25, 0.3) is 5.56 Å². The van der Waals surface area contributed by atoms with Crippen LogP contribution in [0.15, 0.2) is 43.1 Å². The van der Waals surface area contributed by atoms with Gasteiger partial charge < -0.3 is 9.47 Å². The van der Waals surface area contributed by atoms with Crippen LogP contribution in [-0.2, 0) is 0 Å². The van der Waals surface area contributed by atoms with Crippen molar-refractivity contribution in [2.45, 2.75) is 59.5 Å². The van der Waals surface area contributed by atoms with Gasteiger partial charge in [0.05, 0.1) is 29.8 Å². The fourth-order valence-electron chi connectivity index (χ4n) is 3.25. The molecule has 0 aliphatic rings. The zero-order valence-electron chi connectivity index (χ0n) is 19.9. The van der Waals surface area contributed by atoms with Gasteiger partial charge in [0, 0.05) is 20.4 Å². The minimum atomic E-state index is -0.234. The number of halogens is 3. The fourth-order valence-corrected chi connectivity index (χ4v) is 4.26. The number of rotatable bonds is 9. The zero-order valence-corrected chi connectivity index (χ0v) is 23.8. The maximum Gasteiger partial charge on any atom is 0.282 e. The van der Waals surface area contributed by atoms with Gasteiger partial charge in [-0.25, -0.2) is 4.98 Å². The van der Waals surface area contributed by atoms with E-state index in [-0.39, 0.29) is 17.6 Å². The van der Waals surface area contributed by atoms with Gasteiger partial charge in [0.15, 0.2) is 11.5 Å². The summed E-state index contributed by atoms with van der Waals surface area (Å²) in [5, 5.41) is 5.43. The molecule has 0 aliphatic heterocycles. The monoisotopic (exact) mass is 611 g/mol. The average Bonchev–Trinajstić information content (AvgIpc) is 2.83. The van der Waals surface area contributed by atoms with E-state index in [1.807, 2.05) is 39.8 Å². The Bertz CT molecular complexity index is 1280. The highest BCUT2D eigenvalue weighted by Crippen LogP contribution is 2.43. The molecule has 0 fully saturated rings. The molecule has 3 aromatic rings. The van der Waals surface area contributed by atoms with Crippen LogP contribution in [0.4, 0.5) is 0 Å². The topological polar surface area (TPSA) is 65.7 Å².